The predicted octanol–water partition coefficient (Wildman–Crippen LogP) is 2.51. The average Bonchev–Trinajstić information content (AvgIpc) is 3.42. The van der Waals surface area contributed by atoms with E-state index in [0.717, 1.165) is 5.56 Å². The molecule has 2 aliphatic rings. The van der Waals surface area contributed by atoms with Gasteiger partial charge in [-0.25, -0.2) is 13.9 Å². The molecule has 3 heterocycles. The smallest absolute Gasteiger partial charge is 0.365 e. The first-order valence-corrected chi connectivity index (χ1v) is 11.9. The lowest BCUT2D eigenvalue weighted by Gasteiger charge is -2.45. The van der Waals surface area contributed by atoms with E-state index in [2.05, 4.69) is 20.4 Å². The van der Waals surface area contributed by atoms with E-state index in [4.69, 9.17) is 26.4 Å². The molecule has 0 spiro atoms. The van der Waals surface area contributed by atoms with Crippen LogP contribution in [0.5, 0.6) is 0 Å². The molecule has 1 N–H and O–H groups in total. The fourth-order valence-electron chi connectivity index (χ4n) is 4.39. The third kappa shape index (κ3) is 5.42. The lowest BCUT2D eigenvalue weighted by Crippen LogP contribution is -2.56. The van der Waals surface area contributed by atoms with Gasteiger partial charge in [0.1, 0.15) is 29.8 Å². The molecule has 5 rings (SSSR count). The topological polar surface area (TPSA) is 114 Å². The van der Waals surface area contributed by atoms with Crippen molar-refractivity contribution < 1.29 is 32.9 Å². The van der Waals surface area contributed by atoms with E-state index in [1.165, 1.54) is 19.2 Å². The SMILES string of the molecule is COC(=O)C(=S)NC(=O)C1C[C@@H](n2cc(-c3cccc(F)c3)nn2)[C@H]2OC(c3ccccc3)OC[C@H]2O1. The van der Waals surface area contributed by atoms with Crippen LogP contribution >= 0.6 is 12.2 Å². The number of aromatic nitrogens is 3. The molecule has 0 bridgehead atoms. The van der Waals surface area contributed by atoms with Crippen molar-refractivity contribution in [1.82, 2.24) is 20.3 Å². The number of amides is 1. The first-order valence-electron chi connectivity index (χ1n) is 11.5. The van der Waals surface area contributed by atoms with Crippen LogP contribution < -0.4 is 5.32 Å². The Balaban J connectivity index is 1.42. The number of carbonyl (C=O) groups is 2. The highest BCUT2D eigenvalue weighted by Gasteiger charge is 2.47. The second kappa shape index (κ2) is 10.8. The molecule has 2 saturated heterocycles. The summed E-state index contributed by atoms with van der Waals surface area (Å²) in [7, 11) is 1.17. The molecule has 1 amide bonds. The molecule has 3 aromatic rings. The Kier molecular flexibility index (Phi) is 7.33. The summed E-state index contributed by atoms with van der Waals surface area (Å²) < 4.78 is 38.2. The summed E-state index contributed by atoms with van der Waals surface area (Å²) in [6.07, 6.45) is -0.981. The minimum Gasteiger partial charge on any atom is -0.464 e. The molecule has 2 aliphatic heterocycles. The number of ether oxygens (including phenoxy) is 4. The fraction of sp³-hybridized carbons (Fsp3) is 0.320. The van der Waals surface area contributed by atoms with Crippen molar-refractivity contribution >= 4 is 29.1 Å². The Morgan fingerprint density at radius 1 is 1.16 bits per heavy atom. The molecular weight excluding hydrogens is 503 g/mol. The van der Waals surface area contributed by atoms with Crippen LogP contribution in [0.4, 0.5) is 4.39 Å². The third-order valence-corrected chi connectivity index (χ3v) is 6.44. The molecule has 10 nitrogen and oxygen atoms in total. The lowest BCUT2D eigenvalue weighted by atomic mass is 9.94. The van der Waals surface area contributed by atoms with E-state index >= 15 is 0 Å². The molecule has 37 heavy (non-hydrogen) atoms. The molecule has 1 aromatic heterocycles. The van der Waals surface area contributed by atoms with Crippen LogP contribution in [0.15, 0.2) is 60.8 Å². The maximum absolute atomic E-state index is 13.8. The zero-order valence-corrected chi connectivity index (χ0v) is 20.5. The largest absolute Gasteiger partial charge is 0.464 e. The Morgan fingerprint density at radius 2 is 1.97 bits per heavy atom. The Labute approximate surface area is 216 Å². The second-order valence-corrected chi connectivity index (χ2v) is 8.96. The maximum Gasteiger partial charge on any atom is 0.365 e. The van der Waals surface area contributed by atoms with Gasteiger partial charge in [-0.15, -0.1) is 5.10 Å². The number of methoxy groups -OCH3 is 1. The summed E-state index contributed by atoms with van der Waals surface area (Å²) in [5, 5.41) is 10.8. The maximum atomic E-state index is 13.8. The minimum atomic E-state index is -0.990. The highest BCUT2D eigenvalue weighted by atomic mass is 32.1. The summed E-state index contributed by atoms with van der Waals surface area (Å²) in [5.74, 6) is -1.83. The van der Waals surface area contributed by atoms with Crippen molar-refractivity contribution in [2.75, 3.05) is 13.7 Å². The van der Waals surface area contributed by atoms with Crippen LogP contribution in [0.3, 0.4) is 0 Å². The number of nitrogens with zero attached hydrogens (tertiary/aromatic N) is 3. The van der Waals surface area contributed by atoms with Gasteiger partial charge in [0.2, 0.25) is 0 Å². The van der Waals surface area contributed by atoms with Gasteiger partial charge in [0.25, 0.3) is 5.91 Å². The average molecular weight is 527 g/mol. The lowest BCUT2D eigenvalue weighted by molar-refractivity contribution is -0.297. The Morgan fingerprint density at radius 3 is 2.73 bits per heavy atom. The van der Waals surface area contributed by atoms with E-state index < -0.39 is 48.3 Å². The number of benzene rings is 2. The quantitative estimate of drug-likeness (QED) is 0.405. The molecule has 2 unspecified atom stereocenters. The monoisotopic (exact) mass is 526 g/mol. The van der Waals surface area contributed by atoms with Gasteiger partial charge < -0.3 is 24.3 Å². The number of rotatable bonds is 4. The fourth-order valence-corrected chi connectivity index (χ4v) is 4.57. The summed E-state index contributed by atoms with van der Waals surface area (Å²) in [6.45, 7) is 0.150. The number of fused-ring (bicyclic) bond motifs is 1. The molecule has 12 heteroatoms. The normalized spacial score (nSPS) is 25.1. The van der Waals surface area contributed by atoms with Crippen molar-refractivity contribution in [2.24, 2.45) is 0 Å². The number of halogens is 1. The molecule has 192 valence electrons. The van der Waals surface area contributed by atoms with Gasteiger partial charge in [-0.1, -0.05) is 59.9 Å². The van der Waals surface area contributed by atoms with E-state index in [0.29, 0.717) is 11.3 Å². The van der Waals surface area contributed by atoms with Crippen molar-refractivity contribution in [2.45, 2.75) is 37.1 Å². The van der Waals surface area contributed by atoms with E-state index in [1.807, 2.05) is 30.3 Å². The van der Waals surface area contributed by atoms with Crippen molar-refractivity contribution in [3.8, 4) is 11.3 Å². The molecule has 2 fully saturated rings. The van der Waals surface area contributed by atoms with Gasteiger partial charge in [0.15, 0.2) is 11.3 Å². The highest BCUT2D eigenvalue weighted by molar-refractivity contribution is 7.82. The molecular formula is C25H23FN4O6S. The summed E-state index contributed by atoms with van der Waals surface area (Å²) in [6, 6.07) is 15.0. The number of hydrogen-bond acceptors (Lipinski definition) is 9. The van der Waals surface area contributed by atoms with Crippen LogP contribution in [0, 0.1) is 5.82 Å². The first-order chi connectivity index (χ1) is 17.9. The number of carbonyl (C=O) groups excluding carboxylic acids is 2. The van der Waals surface area contributed by atoms with Crippen molar-refractivity contribution in [3.63, 3.8) is 0 Å². The number of esters is 1. The van der Waals surface area contributed by atoms with Crippen LogP contribution in [-0.4, -0.2) is 63.9 Å². The van der Waals surface area contributed by atoms with Crippen LogP contribution in [0.2, 0.25) is 0 Å². The molecule has 0 saturated carbocycles. The zero-order valence-electron chi connectivity index (χ0n) is 19.7. The number of hydrogen-bond donors (Lipinski definition) is 1. The van der Waals surface area contributed by atoms with Gasteiger partial charge >= 0.3 is 5.97 Å². The van der Waals surface area contributed by atoms with Gasteiger partial charge in [0, 0.05) is 17.5 Å². The summed E-state index contributed by atoms with van der Waals surface area (Å²) in [5.41, 5.74) is 1.85. The number of nitrogens with one attached hydrogen (secondary N) is 1. The van der Waals surface area contributed by atoms with Gasteiger partial charge in [0.05, 0.1) is 26.0 Å². The van der Waals surface area contributed by atoms with Gasteiger partial charge in [-0.3, -0.25) is 4.79 Å². The molecule has 5 atom stereocenters. The second-order valence-electron chi connectivity index (χ2n) is 8.55. The summed E-state index contributed by atoms with van der Waals surface area (Å²) >= 11 is 4.93. The highest BCUT2D eigenvalue weighted by Crippen LogP contribution is 2.39. The standard InChI is InChI=1S/C25H23FN4O6S/c1-33-24(32)23(37)27-22(31)19-11-18(30-12-17(28-29-30)15-8-5-9-16(26)10-15)21-20(35-19)13-34-25(36-21)14-6-3-2-4-7-14/h2-10,12,18-21,25H,11,13H2,1H3,(H,27,31,37)/t18-,19?,20-,21-,25?/m1/s1. The van der Waals surface area contributed by atoms with Gasteiger partial charge in [-0.05, 0) is 12.1 Å². The van der Waals surface area contributed by atoms with Crippen LogP contribution in [0.1, 0.15) is 24.3 Å². The molecule has 0 radical (unpaired) electrons. The number of thiocarbonyl (C=S) groups is 1. The first kappa shape index (κ1) is 25.1. The Bertz CT molecular complexity index is 1310. The third-order valence-electron chi connectivity index (χ3n) is 6.18. The Hall–Kier alpha value is -3.58. The van der Waals surface area contributed by atoms with E-state index in [-0.39, 0.29) is 18.0 Å². The molecule has 0 aliphatic carbocycles. The van der Waals surface area contributed by atoms with Crippen molar-refractivity contribution in [1.29, 1.82) is 0 Å². The van der Waals surface area contributed by atoms with E-state index in [9.17, 15) is 14.0 Å². The van der Waals surface area contributed by atoms with Crippen LogP contribution in [0.25, 0.3) is 11.3 Å². The van der Waals surface area contributed by atoms with E-state index in [1.54, 1.807) is 23.0 Å². The predicted molar refractivity (Wildman–Crippen MR) is 130 cm³/mol. The van der Waals surface area contributed by atoms with Crippen molar-refractivity contribution in [3.05, 3.63) is 72.2 Å². The zero-order chi connectivity index (χ0) is 25.9. The minimum absolute atomic E-state index is 0.143. The molecule has 2 aromatic carbocycles. The van der Waals surface area contributed by atoms with Crippen LogP contribution in [-0.2, 0) is 28.5 Å². The van der Waals surface area contributed by atoms with Gasteiger partial charge in [-0.2, -0.15) is 0 Å². The summed E-state index contributed by atoms with van der Waals surface area (Å²) in [4.78, 5) is 24.2.